The fourth-order valence-electron chi connectivity index (χ4n) is 5.39. The summed E-state index contributed by atoms with van der Waals surface area (Å²) in [6.45, 7) is 0.831. The van der Waals surface area contributed by atoms with Crippen LogP contribution in [-0.4, -0.2) is 72.2 Å². The molecule has 4 amide bonds. The Kier molecular flexibility index (Phi) is 7.01. The Morgan fingerprint density at radius 3 is 2.24 bits per heavy atom. The maximum Gasteiger partial charge on any atom is 0.522 e. The van der Waals surface area contributed by atoms with Crippen molar-refractivity contribution in [2.45, 2.75) is 87.9 Å². The monoisotopic (exact) mass is 534 g/mol. The van der Waals surface area contributed by atoms with Gasteiger partial charge in [0.05, 0.1) is 6.04 Å². The van der Waals surface area contributed by atoms with E-state index < -0.39 is 65.7 Å². The highest BCUT2D eigenvalue weighted by atomic mass is 19.4. The molecule has 4 N–H and O–H groups in total. The predicted molar refractivity (Wildman–Crippen MR) is 117 cm³/mol. The quantitative estimate of drug-likeness (QED) is 0.225. The maximum atomic E-state index is 13.7. The molecule has 4 aliphatic carbocycles. The first-order chi connectivity index (χ1) is 17.1. The van der Waals surface area contributed by atoms with E-state index in [1.165, 1.54) is 0 Å². The van der Waals surface area contributed by atoms with Gasteiger partial charge in [-0.25, -0.2) is 4.39 Å². The third-order valence-electron chi connectivity index (χ3n) is 7.74. The van der Waals surface area contributed by atoms with Gasteiger partial charge in [0.1, 0.15) is 18.3 Å². The highest BCUT2D eigenvalue weighted by Gasteiger charge is 2.70. The molecular formula is C23H30F4N4O6. The summed E-state index contributed by atoms with van der Waals surface area (Å²) < 4.78 is 54.8. The lowest BCUT2D eigenvalue weighted by atomic mass is 9.47. The molecule has 5 aliphatic rings. The molecule has 1 heterocycles. The zero-order valence-electron chi connectivity index (χ0n) is 20.3. The van der Waals surface area contributed by atoms with E-state index in [2.05, 4.69) is 26.0 Å². The van der Waals surface area contributed by atoms with E-state index in [4.69, 9.17) is 0 Å². The number of carbonyl (C=O) groups excluding carboxylic acids is 5. The number of halogens is 4. The van der Waals surface area contributed by atoms with Crippen molar-refractivity contribution < 1.29 is 46.3 Å². The second kappa shape index (κ2) is 9.52. The molecule has 0 aromatic carbocycles. The van der Waals surface area contributed by atoms with Gasteiger partial charge in [0.15, 0.2) is 5.78 Å². The molecular weight excluding hydrogens is 504 g/mol. The molecule has 1 aliphatic heterocycles. The van der Waals surface area contributed by atoms with E-state index in [-0.39, 0.29) is 43.4 Å². The Morgan fingerprint density at radius 1 is 1.08 bits per heavy atom. The molecule has 206 valence electrons. The van der Waals surface area contributed by atoms with E-state index >= 15 is 0 Å². The molecule has 0 unspecified atom stereocenters. The molecule has 4 saturated carbocycles. The maximum absolute atomic E-state index is 13.7. The van der Waals surface area contributed by atoms with Crippen LogP contribution in [-0.2, 0) is 28.7 Å². The summed E-state index contributed by atoms with van der Waals surface area (Å²) in [6.07, 6.45) is -2.97. The number of hydrogen-bond donors (Lipinski definition) is 4. The lowest BCUT2D eigenvalue weighted by Gasteiger charge is -2.65. The lowest BCUT2D eigenvalue weighted by Crippen LogP contribution is -2.77. The number of rotatable bonds is 11. The van der Waals surface area contributed by atoms with Gasteiger partial charge in [0.2, 0.25) is 11.8 Å². The largest absolute Gasteiger partial charge is 0.522 e. The Labute approximate surface area is 210 Å². The minimum absolute atomic E-state index is 0.125. The SMILES string of the molecule is CC1(C[C@H](NC(=O)C(=O)NC23CC(F)(C2)C3)C(=O)N[C@@H](C[C@@H]2CCNC2=O)C(=O)COC(F)(F)F)CC1. The van der Waals surface area contributed by atoms with Gasteiger partial charge in [-0.05, 0) is 37.5 Å². The molecule has 1 saturated heterocycles. The minimum atomic E-state index is -5.07. The minimum Gasteiger partial charge on any atom is -0.356 e. The average molecular weight is 535 g/mol. The molecule has 0 spiro atoms. The van der Waals surface area contributed by atoms with E-state index in [9.17, 15) is 41.5 Å². The third-order valence-corrected chi connectivity index (χ3v) is 7.74. The Hall–Kier alpha value is -2.77. The second-order valence-corrected chi connectivity index (χ2v) is 11.2. The first-order valence-corrected chi connectivity index (χ1v) is 12.2. The highest BCUT2D eigenvalue weighted by molar-refractivity contribution is 6.35. The number of carbonyl (C=O) groups is 5. The summed E-state index contributed by atoms with van der Waals surface area (Å²) in [6, 6.07) is -2.74. The Morgan fingerprint density at radius 2 is 1.73 bits per heavy atom. The van der Waals surface area contributed by atoms with Crippen LogP contribution in [0.1, 0.15) is 58.3 Å². The van der Waals surface area contributed by atoms with E-state index in [1.807, 2.05) is 6.92 Å². The van der Waals surface area contributed by atoms with E-state index in [0.29, 0.717) is 13.0 Å². The molecule has 10 nitrogen and oxygen atoms in total. The van der Waals surface area contributed by atoms with Crippen LogP contribution in [0, 0.1) is 11.3 Å². The molecule has 14 heteroatoms. The second-order valence-electron chi connectivity index (χ2n) is 11.2. The molecule has 0 radical (unpaired) electrons. The van der Waals surface area contributed by atoms with Crippen LogP contribution in [0.15, 0.2) is 0 Å². The summed E-state index contributed by atoms with van der Waals surface area (Å²) in [5.41, 5.74) is -2.34. The number of alkyl halides is 4. The standard InChI is InChI=1S/C23H30F4N4O6/c1-20(3-4-20)7-14(30-18(35)19(36)31-22-9-21(24,10-22)11-22)17(34)29-13(6-12-2-5-28-16(12)33)15(32)8-37-23(25,26)27/h12-14H,2-11H2,1H3,(H,28,33)(H,29,34)(H,30,35)(H,31,36)/t12-,13-,14-,21?,22?/m0/s1. The molecule has 0 aromatic rings. The lowest BCUT2D eigenvalue weighted by molar-refractivity contribution is -0.321. The summed E-state index contributed by atoms with van der Waals surface area (Å²) in [5, 5.41) is 9.79. The van der Waals surface area contributed by atoms with Gasteiger partial charge >= 0.3 is 18.2 Å². The third kappa shape index (κ3) is 6.57. The predicted octanol–water partition coefficient (Wildman–Crippen LogP) is 0.539. The van der Waals surface area contributed by atoms with E-state index in [1.54, 1.807) is 0 Å². The number of hydrogen-bond acceptors (Lipinski definition) is 6. The van der Waals surface area contributed by atoms with Gasteiger partial charge in [0.25, 0.3) is 0 Å². The van der Waals surface area contributed by atoms with Crippen molar-refractivity contribution >= 4 is 29.4 Å². The summed E-state index contributed by atoms with van der Waals surface area (Å²) in [5.74, 6) is -5.18. The summed E-state index contributed by atoms with van der Waals surface area (Å²) >= 11 is 0. The normalized spacial score (nSPS) is 30.6. The number of amides is 4. The number of Topliss-reactive ketones (excluding diaryl/α,β-unsaturated/α-hetero) is 1. The number of nitrogens with one attached hydrogen (secondary N) is 4. The highest BCUT2D eigenvalue weighted by Crippen LogP contribution is 2.62. The number of ether oxygens (including phenoxy) is 1. The Bertz CT molecular complexity index is 978. The van der Waals surface area contributed by atoms with Crippen molar-refractivity contribution in [2.75, 3.05) is 13.2 Å². The smallest absolute Gasteiger partial charge is 0.356 e. The summed E-state index contributed by atoms with van der Waals surface area (Å²) in [7, 11) is 0. The van der Waals surface area contributed by atoms with Crippen LogP contribution in [0.4, 0.5) is 17.6 Å². The van der Waals surface area contributed by atoms with Gasteiger partial charge in [-0.2, -0.15) is 0 Å². The van der Waals surface area contributed by atoms with Crippen LogP contribution in [0.3, 0.4) is 0 Å². The van der Waals surface area contributed by atoms with Gasteiger partial charge in [-0.3, -0.25) is 28.7 Å². The van der Waals surface area contributed by atoms with Gasteiger partial charge in [-0.1, -0.05) is 6.92 Å². The van der Waals surface area contributed by atoms with Crippen molar-refractivity contribution in [2.24, 2.45) is 11.3 Å². The van der Waals surface area contributed by atoms with Crippen molar-refractivity contribution in [3.05, 3.63) is 0 Å². The van der Waals surface area contributed by atoms with Crippen LogP contribution in [0.5, 0.6) is 0 Å². The van der Waals surface area contributed by atoms with Gasteiger partial charge in [-0.15, -0.1) is 13.2 Å². The van der Waals surface area contributed by atoms with Crippen molar-refractivity contribution in [3.8, 4) is 0 Å². The zero-order valence-corrected chi connectivity index (χ0v) is 20.3. The summed E-state index contributed by atoms with van der Waals surface area (Å²) in [4.78, 5) is 62.7. The Balaban J connectivity index is 1.41. The first kappa shape index (κ1) is 27.3. The molecule has 37 heavy (non-hydrogen) atoms. The van der Waals surface area contributed by atoms with E-state index in [0.717, 1.165) is 12.8 Å². The number of ketones is 1. The van der Waals surface area contributed by atoms with Crippen LogP contribution in [0.2, 0.25) is 0 Å². The molecule has 5 fully saturated rings. The first-order valence-electron chi connectivity index (χ1n) is 12.2. The molecule has 3 atom stereocenters. The van der Waals surface area contributed by atoms with Crippen molar-refractivity contribution in [3.63, 3.8) is 0 Å². The van der Waals surface area contributed by atoms with Crippen LogP contribution >= 0.6 is 0 Å². The van der Waals surface area contributed by atoms with Crippen molar-refractivity contribution in [1.29, 1.82) is 0 Å². The molecule has 2 bridgehead atoms. The average Bonchev–Trinajstić information content (AvgIpc) is 3.35. The molecule has 0 aromatic heterocycles. The van der Waals surface area contributed by atoms with Gasteiger partial charge < -0.3 is 21.3 Å². The fourth-order valence-corrected chi connectivity index (χ4v) is 5.39. The topological polar surface area (TPSA) is 143 Å². The van der Waals surface area contributed by atoms with Crippen molar-refractivity contribution in [1.82, 2.24) is 21.3 Å². The van der Waals surface area contributed by atoms with Crippen LogP contribution < -0.4 is 21.3 Å². The zero-order chi connectivity index (χ0) is 27.2. The molecule has 5 rings (SSSR count). The fraction of sp³-hybridized carbons (Fsp3) is 0.783. The van der Waals surface area contributed by atoms with Gasteiger partial charge in [0, 0.05) is 37.3 Å². The van der Waals surface area contributed by atoms with Crippen LogP contribution in [0.25, 0.3) is 0 Å².